The molecule has 6 heteroatoms. The summed E-state index contributed by atoms with van der Waals surface area (Å²) in [6.45, 7) is 3.30. The fourth-order valence-electron chi connectivity index (χ4n) is 1.99. The molecular formula is C15H21N5O. The van der Waals surface area contributed by atoms with Crippen LogP contribution < -0.4 is 10.6 Å². The quantitative estimate of drug-likeness (QED) is 0.805. The van der Waals surface area contributed by atoms with Crippen molar-refractivity contribution >= 4 is 11.7 Å². The van der Waals surface area contributed by atoms with E-state index in [-0.39, 0.29) is 11.8 Å². The summed E-state index contributed by atoms with van der Waals surface area (Å²) < 4.78 is 1.83. The number of nitrogens with one attached hydrogen (secondary N) is 2. The standard InChI is InChI=1S/C15H21N5O/c1-12(11-16-2)15(21)18-14-6-10-20(19-14)9-5-13-3-7-17-8-4-13/h3-4,6-8,10,12,16H,5,9,11H2,1-2H3,(H,18,19,21). The monoisotopic (exact) mass is 287 g/mol. The second-order valence-electron chi connectivity index (χ2n) is 5.02. The van der Waals surface area contributed by atoms with Gasteiger partial charge in [-0.3, -0.25) is 14.5 Å². The van der Waals surface area contributed by atoms with Crippen LogP contribution in [0.3, 0.4) is 0 Å². The molecule has 2 N–H and O–H groups in total. The third-order valence-corrected chi connectivity index (χ3v) is 3.23. The smallest absolute Gasteiger partial charge is 0.229 e. The Morgan fingerprint density at radius 3 is 2.81 bits per heavy atom. The van der Waals surface area contributed by atoms with Crippen molar-refractivity contribution in [2.75, 3.05) is 18.9 Å². The van der Waals surface area contributed by atoms with Gasteiger partial charge in [0.15, 0.2) is 5.82 Å². The molecule has 0 aliphatic carbocycles. The van der Waals surface area contributed by atoms with Crippen molar-refractivity contribution in [2.45, 2.75) is 19.9 Å². The van der Waals surface area contributed by atoms with Gasteiger partial charge in [0.05, 0.1) is 0 Å². The summed E-state index contributed by atoms with van der Waals surface area (Å²) >= 11 is 0. The first kappa shape index (κ1) is 15.2. The Morgan fingerprint density at radius 1 is 1.33 bits per heavy atom. The highest BCUT2D eigenvalue weighted by Crippen LogP contribution is 2.07. The van der Waals surface area contributed by atoms with E-state index < -0.39 is 0 Å². The summed E-state index contributed by atoms with van der Waals surface area (Å²) in [7, 11) is 1.83. The van der Waals surface area contributed by atoms with Gasteiger partial charge in [-0.05, 0) is 31.2 Å². The van der Waals surface area contributed by atoms with Crippen LogP contribution in [-0.2, 0) is 17.8 Å². The van der Waals surface area contributed by atoms with E-state index in [2.05, 4.69) is 20.7 Å². The lowest BCUT2D eigenvalue weighted by Crippen LogP contribution is -2.28. The van der Waals surface area contributed by atoms with Crippen molar-refractivity contribution < 1.29 is 4.79 Å². The molecular weight excluding hydrogens is 266 g/mol. The number of aryl methyl sites for hydroxylation is 2. The fourth-order valence-corrected chi connectivity index (χ4v) is 1.99. The van der Waals surface area contributed by atoms with Crippen molar-refractivity contribution in [1.29, 1.82) is 0 Å². The molecule has 1 amide bonds. The molecule has 0 spiro atoms. The summed E-state index contributed by atoms with van der Waals surface area (Å²) in [4.78, 5) is 15.9. The van der Waals surface area contributed by atoms with Gasteiger partial charge in [0.25, 0.3) is 0 Å². The Kier molecular flexibility index (Phi) is 5.45. The third-order valence-electron chi connectivity index (χ3n) is 3.23. The molecule has 2 aromatic heterocycles. The summed E-state index contributed by atoms with van der Waals surface area (Å²) in [5.41, 5.74) is 1.22. The molecule has 0 radical (unpaired) electrons. The van der Waals surface area contributed by atoms with Crippen molar-refractivity contribution in [3.05, 3.63) is 42.4 Å². The van der Waals surface area contributed by atoms with Gasteiger partial charge >= 0.3 is 0 Å². The highest BCUT2D eigenvalue weighted by Gasteiger charge is 2.12. The zero-order valence-electron chi connectivity index (χ0n) is 12.4. The molecule has 0 fully saturated rings. The molecule has 0 aliphatic rings. The van der Waals surface area contributed by atoms with E-state index >= 15 is 0 Å². The van der Waals surface area contributed by atoms with E-state index in [1.165, 1.54) is 5.56 Å². The van der Waals surface area contributed by atoms with Crippen LogP contribution in [0.15, 0.2) is 36.8 Å². The molecule has 0 aromatic carbocycles. The number of carbonyl (C=O) groups is 1. The van der Waals surface area contributed by atoms with Crippen LogP contribution in [0.25, 0.3) is 0 Å². The SMILES string of the molecule is CNCC(C)C(=O)Nc1ccn(CCc2ccncc2)n1. The van der Waals surface area contributed by atoms with Crippen molar-refractivity contribution in [3.8, 4) is 0 Å². The summed E-state index contributed by atoms with van der Waals surface area (Å²) in [5, 5.41) is 10.2. The molecule has 1 atom stereocenters. The molecule has 112 valence electrons. The minimum Gasteiger partial charge on any atom is -0.319 e. The first-order valence-corrected chi connectivity index (χ1v) is 7.07. The number of hydrogen-bond acceptors (Lipinski definition) is 4. The fraction of sp³-hybridized carbons (Fsp3) is 0.400. The van der Waals surface area contributed by atoms with Crippen LogP contribution in [0.5, 0.6) is 0 Å². The summed E-state index contributed by atoms with van der Waals surface area (Å²) in [6.07, 6.45) is 6.33. The molecule has 2 aromatic rings. The van der Waals surface area contributed by atoms with E-state index in [1.807, 2.05) is 43.0 Å². The molecule has 0 saturated carbocycles. The van der Waals surface area contributed by atoms with Crippen LogP contribution in [0.1, 0.15) is 12.5 Å². The van der Waals surface area contributed by atoms with Gasteiger partial charge in [-0.25, -0.2) is 0 Å². The highest BCUT2D eigenvalue weighted by molar-refractivity contribution is 5.91. The number of nitrogens with zero attached hydrogens (tertiary/aromatic N) is 3. The Labute approximate surface area is 124 Å². The third kappa shape index (κ3) is 4.68. The zero-order valence-corrected chi connectivity index (χ0v) is 12.4. The lowest BCUT2D eigenvalue weighted by Gasteiger charge is -2.09. The second kappa shape index (κ2) is 7.54. The number of hydrogen-bond donors (Lipinski definition) is 2. The molecule has 6 nitrogen and oxygen atoms in total. The van der Waals surface area contributed by atoms with E-state index in [0.29, 0.717) is 12.4 Å². The molecule has 1 unspecified atom stereocenters. The minimum absolute atomic E-state index is 0.0243. The molecule has 21 heavy (non-hydrogen) atoms. The van der Waals surface area contributed by atoms with Crippen LogP contribution in [-0.4, -0.2) is 34.3 Å². The van der Waals surface area contributed by atoms with Crippen molar-refractivity contribution in [1.82, 2.24) is 20.1 Å². The van der Waals surface area contributed by atoms with Gasteiger partial charge in [-0.15, -0.1) is 0 Å². The number of aromatic nitrogens is 3. The van der Waals surface area contributed by atoms with E-state index in [0.717, 1.165) is 13.0 Å². The van der Waals surface area contributed by atoms with Crippen LogP contribution in [0.4, 0.5) is 5.82 Å². The number of rotatable bonds is 7. The molecule has 0 bridgehead atoms. The minimum atomic E-state index is -0.0861. The van der Waals surface area contributed by atoms with Crippen molar-refractivity contribution in [3.63, 3.8) is 0 Å². The van der Waals surface area contributed by atoms with Gasteiger partial charge in [0.2, 0.25) is 5.91 Å². The van der Waals surface area contributed by atoms with Crippen molar-refractivity contribution in [2.24, 2.45) is 5.92 Å². The maximum absolute atomic E-state index is 11.9. The van der Waals surface area contributed by atoms with E-state index in [1.54, 1.807) is 12.4 Å². The maximum Gasteiger partial charge on any atom is 0.229 e. The van der Waals surface area contributed by atoms with E-state index in [9.17, 15) is 4.79 Å². The Morgan fingerprint density at radius 2 is 2.10 bits per heavy atom. The lowest BCUT2D eigenvalue weighted by atomic mass is 10.1. The Balaban J connectivity index is 1.85. The van der Waals surface area contributed by atoms with E-state index in [4.69, 9.17) is 0 Å². The van der Waals surface area contributed by atoms with Crippen LogP contribution in [0.2, 0.25) is 0 Å². The van der Waals surface area contributed by atoms with Gasteiger partial charge in [-0.1, -0.05) is 6.92 Å². The number of anilines is 1. The van der Waals surface area contributed by atoms with Crippen LogP contribution in [0, 0.1) is 5.92 Å². The first-order chi connectivity index (χ1) is 10.2. The first-order valence-electron chi connectivity index (χ1n) is 7.07. The lowest BCUT2D eigenvalue weighted by molar-refractivity contribution is -0.119. The molecule has 0 aliphatic heterocycles. The predicted octanol–water partition coefficient (Wildman–Crippen LogP) is 1.31. The summed E-state index contributed by atoms with van der Waals surface area (Å²) in [5.74, 6) is 0.485. The number of pyridine rings is 1. The molecule has 2 rings (SSSR count). The number of carbonyl (C=O) groups excluding carboxylic acids is 1. The summed E-state index contributed by atoms with van der Waals surface area (Å²) in [6, 6.07) is 5.80. The van der Waals surface area contributed by atoms with Gasteiger partial charge in [-0.2, -0.15) is 5.10 Å². The predicted molar refractivity (Wildman–Crippen MR) is 81.9 cm³/mol. The van der Waals surface area contributed by atoms with Gasteiger partial charge < -0.3 is 10.6 Å². The zero-order chi connectivity index (χ0) is 15.1. The Bertz CT molecular complexity index is 566. The largest absolute Gasteiger partial charge is 0.319 e. The molecule has 0 saturated heterocycles. The number of amides is 1. The van der Waals surface area contributed by atoms with Gasteiger partial charge in [0.1, 0.15) is 0 Å². The maximum atomic E-state index is 11.9. The molecule has 2 heterocycles. The second-order valence-corrected chi connectivity index (χ2v) is 5.02. The van der Waals surface area contributed by atoms with Gasteiger partial charge in [0, 0.05) is 43.7 Å². The van der Waals surface area contributed by atoms with Crippen LogP contribution >= 0.6 is 0 Å². The highest BCUT2D eigenvalue weighted by atomic mass is 16.2. The normalized spacial score (nSPS) is 12.1. The Hall–Kier alpha value is -2.21. The average molecular weight is 287 g/mol. The average Bonchev–Trinajstić information content (AvgIpc) is 2.94. The topological polar surface area (TPSA) is 71.8 Å².